The lowest BCUT2D eigenvalue weighted by Crippen LogP contribution is -2.15. The molecule has 13 heavy (non-hydrogen) atoms. The van der Waals surface area contributed by atoms with Gasteiger partial charge in [-0.25, -0.2) is 0 Å². The van der Waals surface area contributed by atoms with Crippen LogP contribution in [0.25, 0.3) is 0 Å². The fraction of sp³-hybridized carbons (Fsp3) is 0.625. The van der Waals surface area contributed by atoms with E-state index in [0.29, 0.717) is 18.8 Å². The summed E-state index contributed by atoms with van der Waals surface area (Å²) in [6.45, 7) is 5.76. The zero-order chi connectivity index (χ0) is 8.69. The summed E-state index contributed by atoms with van der Waals surface area (Å²) in [6, 6.07) is 0. The van der Waals surface area contributed by atoms with Gasteiger partial charge in [0.15, 0.2) is 0 Å². The minimum absolute atomic E-state index is 0. The number of hydrogen-bond acceptors (Lipinski definition) is 3. The molecule has 0 aromatic heterocycles. The van der Waals surface area contributed by atoms with E-state index in [0.717, 1.165) is 12.8 Å². The summed E-state index contributed by atoms with van der Waals surface area (Å²) in [7, 11) is 0. The summed E-state index contributed by atoms with van der Waals surface area (Å²) < 4.78 is 4.31. The molecule has 0 radical (unpaired) electrons. The Morgan fingerprint density at radius 3 is 2.00 bits per heavy atom. The van der Waals surface area contributed by atoms with E-state index in [1.807, 2.05) is 0 Å². The molecule has 1 aliphatic heterocycles. The van der Waals surface area contributed by atoms with E-state index in [1.165, 1.54) is 0 Å². The molecule has 0 aromatic rings. The Morgan fingerprint density at radius 1 is 1.54 bits per heavy atom. The first kappa shape index (κ1) is 18.0. The van der Waals surface area contributed by atoms with Crippen LogP contribution in [0.15, 0.2) is 12.3 Å². The SMILES string of the molecule is C=C1CC(=O)O1.CCCCO.O.O. The fourth-order valence-electron chi connectivity index (χ4n) is 0.472. The molecule has 80 valence electrons. The largest absolute Gasteiger partial charge is 0.431 e. The van der Waals surface area contributed by atoms with E-state index in [1.54, 1.807) is 0 Å². The maximum Gasteiger partial charge on any atom is 0.318 e. The van der Waals surface area contributed by atoms with Crippen LogP contribution in [0.3, 0.4) is 0 Å². The molecule has 1 heterocycles. The van der Waals surface area contributed by atoms with Crippen LogP contribution in [-0.4, -0.2) is 28.6 Å². The minimum Gasteiger partial charge on any atom is -0.431 e. The van der Waals surface area contributed by atoms with Crippen LogP contribution in [0.2, 0.25) is 0 Å². The van der Waals surface area contributed by atoms with Crippen molar-refractivity contribution in [2.45, 2.75) is 26.2 Å². The zero-order valence-corrected chi connectivity index (χ0v) is 7.80. The zero-order valence-electron chi connectivity index (χ0n) is 7.80. The first-order chi connectivity index (χ1) is 5.20. The van der Waals surface area contributed by atoms with E-state index in [-0.39, 0.29) is 16.9 Å². The van der Waals surface area contributed by atoms with Crippen LogP contribution < -0.4 is 0 Å². The summed E-state index contributed by atoms with van der Waals surface area (Å²) in [5.41, 5.74) is 0. The summed E-state index contributed by atoms with van der Waals surface area (Å²) in [5, 5.41) is 8.07. The molecule has 1 aliphatic rings. The number of unbranched alkanes of at least 4 members (excludes halogenated alkanes) is 1. The summed E-state index contributed by atoms with van der Waals surface area (Å²) in [5.74, 6) is 0.417. The van der Waals surface area contributed by atoms with Crippen LogP contribution in [0.4, 0.5) is 0 Å². The summed E-state index contributed by atoms with van der Waals surface area (Å²) in [6.07, 6.45) is 2.45. The lowest BCUT2D eigenvalue weighted by atomic mass is 10.3. The molecule has 0 unspecified atom stereocenters. The number of esters is 1. The molecule has 0 spiro atoms. The first-order valence-electron chi connectivity index (χ1n) is 3.70. The molecular formula is C8H18O5. The highest BCUT2D eigenvalue weighted by Crippen LogP contribution is 2.13. The molecule has 0 aliphatic carbocycles. The molecular weight excluding hydrogens is 176 g/mol. The first-order valence-corrected chi connectivity index (χ1v) is 3.70. The van der Waals surface area contributed by atoms with Crippen molar-refractivity contribution in [3.63, 3.8) is 0 Å². The van der Waals surface area contributed by atoms with Crippen molar-refractivity contribution >= 4 is 5.97 Å². The summed E-state index contributed by atoms with van der Waals surface area (Å²) >= 11 is 0. The Hall–Kier alpha value is -0.910. The minimum atomic E-state index is -0.167. The Bertz CT molecular complexity index is 119. The Balaban J connectivity index is -0.000000136. The van der Waals surface area contributed by atoms with E-state index in [2.05, 4.69) is 18.2 Å². The van der Waals surface area contributed by atoms with Gasteiger partial charge in [-0.3, -0.25) is 4.79 Å². The molecule has 5 nitrogen and oxygen atoms in total. The molecule has 1 fully saturated rings. The number of aliphatic hydroxyl groups is 1. The third-order valence-corrected chi connectivity index (χ3v) is 1.11. The quantitative estimate of drug-likeness (QED) is 0.602. The number of hydrogen-bond donors (Lipinski definition) is 1. The summed E-state index contributed by atoms with van der Waals surface area (Å²) in [4.78, 5) is 9.83. The van der Waals surface area contributed by atoms with Crippen molar-refractivity contribution in [2.75, 3.05) is 6.61 Å². The Kier molecular flexibility index (Phi) is 15.4. The highest BCUT2D eigenvalue weighted by Gasteiger charge is 2.17. The highest BCUT2D eigenvalue weighted by atomic mass is 16.6. The van der Waals surface area contributed by atoms with Crippen molar-refractivity contribution in [3.8, 4) is 0 Å². The third-order valence-electron chi connectivity index (χ3n) is 1.11. The number of cyclic esters (lactones) is 1. The lowest BCUT2D eigenvalue weighted by molar-refractivity contribution is -0.148. The average molecular weight is 194 g/mol. The van der Waals surface area contributed by atoms with Gasteiger partial charge in [0.25, 0.3) is 0 Å². The van der Waals surface area contributed by atoms with Gasteiger partial charge in [0.2, 0.25) is 0 Å². The van der Waals surface area contributed by atoms with Crippen molar-refractivity contribution < 1.29 is 25.6 Å². The predicted octanol–water partition coefficient (Wildman–Crippen LogP) is -0.424. The van der Waals surface area contributed by atoms with Gasteiger partial charge in [-0.2, -0.15) is 0 Å². The van der Waals surface area contributed by atoms with Crippen molar-refractivity contribution in [3.05, 3.63) is 12.3 Å². The Labute approximate surface area is 77.6 Å². The highest BCUT2D eigenvalue weighted by molar-refractivity contribution is 5.79. The van der Waals surface area contributed by atoms with Gasteiger partial charge < -0.3 is 20.8 Å². The number of rotatable bonds is 2. The maximum absolute atomic E-state index is 9.83. The number of carbonyl (C=O) groups is 1. The Morgan fingerprint density at radius 2 is 2.00 bits per heavy atom. The third kappa shape index (κ3) is 11.1. The molecule has 0 atom stereocenters. The van der Waals surface area contributed by atoms with Gasteiger partial charge in [-0.1, -0.05) is 19.9 Å². The van der Waals surface area contributed by atoms with Crippen molar-refractivity contribution in [1.29, 1.82) is 0 Å². The molecule has 5 N–H and O–H groups in total. The van der Waals surface area contributed by atoms with E-state index < -0.39 is 0 Å². The van der Waals surface area contributed by atoms with Gasteiger partial charge in [-0.15, -0.1) is 0 Å². The van der Waals surface area contributed by atoms with Crippen LogP contribution in [0.5, 0.6) is 0 Å². The topological polar surface area (TPSA) is 110 Å². The van der Waals surface area contributed by atoms with E-state index >= 15 is 0 Å². The number of ether oxygens (including phenoxy) is 1. The van der Waals surface area contributed by atoms with Gasteiger partial charge in [0.1, 0.15) is 12.2 Å². The smallest absolute Gasteiger partial charge is 0.318 e. The van der Waals surface area contributed by atoms with Gasteiger partial charge in [0, 0.05) is 6.61 Å². The standard InChI is InChI=1S/C4H4O2.C4H10O.2H2O/c1-3-2-4(5)6-3;1-2-3-4-5;;/h1-2H2;5H,2-4H2,1H3;2*1H2. The second-order valence-electron chi connectivity index (χ2n) is 2.27. The van der Waals surface area contributed by atoms with E-state index in [9.17, 15) is 4.79 Å². The predicted molar refractivity (Wildman–Crippen MR) is 49.1 cm³/mol. The fourth-order valence-corrected chi connectivity index (χ4v) is 0.472. The lowest BCUT2D eigenvalue weighted by Gasteiger charge is -2.12. The molecule has 1 rings (SSSR count). The molecule has 0 saturated carbocycles. The number of aliphatic hydroxyl groups excluding tert-OH is 1. The molecule has 0 aromatic carbocycles. The van der Waals surface area contributed by atoms with Crippen LogP contribution in [0, 0.1) is 0 Å². The second kappa shape index (κ2) is 11.1. The van der Waals surface area contributed by atoms with Crippen LogP contribution >= 0.6 is 0 Å². The number of carbonyl (C=O) groups excluding carboxylic acids is 1. The van der Waals surface area contributed by atoms with Crippen LogP contribution in [-0.2, 0) is 9.53 Å². The second-order valence-corrected chi connectivity index (χ2v) is 2.27. The van der Waals surface area contributed by atoms with Gasteiger partial charge in [-0.05, 0) is 6.42 Å². The monoisotopic (exact) mass is 194 g/mol. The van der Waals surface area contributed by atoms with Crippen LogP contribution in [0.1, 0.15) is 26.2 Å². The van der Waals surface area contributed by atoms with E-state index in [4.69, 9.17) is 5.11 Å². The maximum atomic E-state index is 9.83. The van der Waals surface area contributed by atoms with Gasteiger partial charge >= 0.3 is 5.97 Å². The molecule has 1 saturated heterocycles. The van der Waals surface area contributed by atoms with Crippen molar-refractivity contribution in [2.24, 2.45) is 0 Å². The molecule has 0 amide bonds. The van der Waals surface area contributed by atoms with Gasteiger partial charge in [0.05, 0.1) is 0 Å². The molecule has 0 bridgehead atoms. The molecule has 5 heteroatoms. The average Bonchev–Trinajstić information content (AvgIpc) is 1.88. The normalized spacial score (nSPS) is 12.2. The van der Waals surface area contributed by atoms with Crippen molar-refractivity contribution in [1.82, 2.24) is 0 Å².